The van der Waals surface area contributed by atoms with Gasteiger partial charge in [0.15, 0.2) is 0 Å². The number of fused-ring (bicyclic) bond motifs is 1. The highest BCUT2D eigenvalue weighted by Crippen LogP contribution is 2.60. The van der Waals surface area contributed by atoms with E-state index in [0.29, 0.717) is 28.6 Å². The first-order chi connectivity index (χ1) is 17.6. The molecule has 5 nitrogen and oxygen atoms in total. The van der Waals surface area contributed by atoms with Crippen molar-refractivity contribution in [3.63, 3.8) is 0 Å². The number of likely N-dealkylation sites (N-methyl/N-ethyl adjacent to an activating group) is 1. The molecule has 7 heteroatoms. The van der Waals surface area contributed by atoms with Crippen molar-refractivity contribution in [2.45, 2.75) is 81.4 Å². The number of rotatable bonds is 5. The number of piperidine rings is 1. The number of nitrogens with zero attached hydrogens (tertiary/aromatic N) is 2. The summed E-state index contributed by atoms with van der Waals surface area (Å²) in [6.07, 6.45) is 6.64. The van der Waals surface area contributed by atoms with Gasteiger partial charge in [-0.2, -0.15) is 0 Å². The number of likely N-dealkylation sites (tertiary alicyclic amines) is 1. The summed E-state index contributed by atoms with van der Waals surface area (Å²) in [6, 6.07) is 9.31. The third-order valence-electron chi connectivity index (χ3n) is 9.97. The number of aromatic hydroxyl groups is 1. The fourth-order valence-electron chi connectivity index (χ4n) is 7.78. The van der Waals surface area contributed by atoms with Gasteiger partial charge >= 0.3 is 0 Å². The molecule has 37 heavy (non-hydrogen) atoms. The first-order valence-corrected chi connectivity index (χ1v) is 14.4. The minimum atomic E-state index is -0.865. The highest BCUT2D eigenvalue weighted by Gasteiger charge is 2.65. The molecule has 0 spiro atoms. The summed E-state index contributed by atoms with van der Waals surface area (Å²) in [5.74, 6) is 1.10. The highest BCUT2D eigenvalue weighted by molar-refractivity contribution is 6.42. The van der Waals surface area contributed by atoms with Gasteiger partial charge in [-0.3, -0.25) is 9.69 Å². The quantitative estimate of drug-likeness (QED) is 0.540. The number of carbonyl (C=O) groups excluding carboxylic acids is 1. The van der Waals surface area contributed by atoms with Crippen molar-refractivity contribution in [2.75, 3.05) is 20.1 Å². The summed E-state index contributed by atoms with van der Waals surface area (Å²) in [5, 5.41) is 24.3. The summed E-state index contributed by atoms with van der Waals surface area (Å²) in [7, 11) is 1.89. The number of aliphatic hydroxyl groups is 1. The van der Waals surface area contributed by atoms with Gasteiger partial charge in [-0.05, 0) is 105 Å². The zero-order valence-electron chi connectivity index (χ0n) is 21.6. The molecule has 3 fully saturated rings. The second-order valence-corrected chi connectivity index (χ2v) is 12.8. The molecule has 2 N–H and O–H groups in total. The minimum absolute atomic E-state index is 0.0129. The number of carbonyl (C=O) groups is 1. The molecular formula is C30H36Cl2N2O3. The number of halogens is 2. The lowest BCUT2D eigenvalue weighted by molar-refractivity contribution is -0.178. The Morgan fingerprint density at radius 2 is 1.92 bits per heavy atom. The van der Waals surface area contributed by atoms with E-state index in [1.54, 1.807) is 12.1 Å². The molecule has 0 radical (unpaired) electrons. The van der Waals surface area contributed by atoms with Gasteiger partial charge in [0, 0.05) is 31.1 Å². The Bertz CT molecular complexity index is 1250. The van der Waals surface area contributed by atoms with Crippen LogP contribution in [-0.2, 0) is 23.1 Å². The van der Waals surface area contributed by atoms with E-state index in [1.165, 1.54) is 18.4 Å². The summed E-state index contributed by atoms with van der Waals surface area (Å²) in [5.41, 5.74) is 2.76. The van der Waals surface area contributed by atoms with Crippen molar-refractivity contribution in [1.29, 1.82) is 0 Å². The van der Waals surface area contributed by atoms with Crippen molar-refractivity contribution in [1.82, 2.24) is 9.80 Å². The Morgan fingerprint density at radius 3 is 2.65 bits per heavy atom. The van der Waals surface area contributed by atoms with Gasteiger partial charge in [-0.25, -0.2) is 0 Å². The van der Waals surface area contributed by atoms with Gasteiger partial charge in [0.05, 0.1) is 22.1 Å². The van der Waals surface area contributed by atoms with Gasteiger partial charge in [-0.15, -0.1) is 0 Å². The molecule has 1 saturated heterocycles. The largest absolute Gasteiger partial charge is 0.508 e. The molecule has 2 unspecified atom stereocenters. The predicted molar refractivity (Wildman–Crippen MR) is 146 cm³/mol. The number of hydrogen-bond acceptors (Lipinski definition) is 4. The monoisotopic (exact) mass is 542 g/mol. The van der Waals surface area contributed by atoms with Gasteiger partial charge in [0.2, 0.25) is 5.91 Å². The van der Waals surface area contributed by atoms with Crippen LogP contribution in [0.1, 0.15) is 60.8 Å². The number of phenols is 1. The fourth-order valence-corrected chi connectivity index (χ4v) is 8.10. The Kier molecular flexibility index (Phi) is 6.30. The number of hydrogen-bond donors (Lipinski definition) is 2. The van der Waals surface area contributed by atoms with E-state index in [0.717, 1.165) is 55.0 Å². The third-order valence-corrected chi connectivity index (χ3v) is 10.7. The summed E-state index contributed by atoms with van der Waals surface area (Å²) >= 11 is 12.3. The van der Waals surface area contributed by atoms with Crippen LogP contribution in [0, 0.1) is 12.8 Å². The summed E-state index contributed by atoms with van der Waals surface area (Å²) in [4.78, 5) is 17.8. The van der Waals surface area contributed by atoms with E-state index in [1.807, 2.05) is 31.0 Å². The molecule has 2 saturated carbocycles. The maximum absolute atomic E-state index is 13.4. The zero-order chi connectivity index (χ0) is 26.1. The van der Waals surface area contributed by atoms with Crippen LogP contribution in [0.2, 0.25) is 10.0 Å². The maximum atomic E-state index is 13.4. The molecule has 6 rings (SSSR count). The van der Waals surface area contributed by atoms with Crippen LogP contribution in [0.4, 0.5) is 0 Å². The smallest absolute Gasteiger partial charge is 0.226 e. The summed E-state index contributed by atoms with van der Waals surface area (Å²) < 4.78 is 0. The number of amides is 1. The van der Waals surface area contributed by atoms with Crippen LogP contribution >= 0.6 is 23.2 Å². The van der Waals surface area contributed by atoms with Crippen LogP contribution in [0.5, 0.6) is 5.75 Å². The van der Waals surface area contributed by atoms with Crippen molar-refractivity contribution in [2.24, 2.45) is 5.92 Å². The lowest BCUT2D eigenvalue weighted by atomic mass is 9.48. The molecule has 2 aromatic carbocycles. The van der Waals surface area contributed by atoms with Crippen LogP contribution in [0.25, 0.3) is 0 Å². The lowest BCUT2D eigenvalue weighted by Crippen LogP contribution is -2.74. The van der Waals surface area contributed by atoms with Crippen molar-refractivity contribution in [3.05, 3.63) is 62.6 Å². The average Bonchev–Trinajstić information content (AvgIpc) is 3.68. The van der Waals surface area contributed by atoms with Crippen LogP contribution < -0.4 is 0 Å². The molecule has 2 bridgehead atoms. The topological polar surface area (TPSA) is 64.0 Å². The molecular weight excluding hydrogens is 507 g/mol. The fraction of sp³-hybridized carbons (Fsp3) is 0.567. The van der Waals surface area contributed by atoms with Gasteiger partial charge in [0.25, 0.3) is 0 Å². The van der Waals surface area contributed by atoms with Gasteiger partial charge in [0.1, 0.15) is 5.75 Å². The molecule has 4 aliphatic rings. The molecule has 1 aliphatic heterocycles. The Labute approximate surface area is 229 Å². The third kappa shape index (κ3) is 4.09. The van der Waals surface area contributed by atoms with E-state index in [2.05, 4.69) is 11.0 Å². The van der Waals surface area contributed by atoms with E-state index < -0.39 is 11.0 Å². The molecule has 198 valence electrons. The lowest BCUT2D eigenvalue weighted by Gasteiger charge is -2.65. The molecule has 1 amide bonds. The van der Waals surface area contributed by atoms with Gasteiger partial charge in [-0.1, -0.05) is 35.3 Å². The van der Waals surface area contributed by atoms with Crippen LogP contribution in [0.3, 0.4) is 0 Å². The first-order valence-electron chi connectivity index (χ1n) is 13.6. The maximum Gasteiger partial charge on any atom is 0.226 e. The standard InChI is InChI=1S/C30H36Cl2N2O3/c1-18-25(35)8-6-21-15-26-30(37)10-9-22(33(2)27(36)14-20-5-7-23(31)24(32)13-20)16-29(30,28(18)21)11-12-34(26)17-19-3-4-19/h5-8,13,19,22,26,35,37H,3-4,9-12,14-17H2,1-2H3/t22?,26-,29-,30?/m1/s1. The first kappa shape index (κ1) is 25.5. The van der Waals surface area contributed by atoms with Crippen molar-refractivity contribution < 1.29 is 15.0 Å². The van der Waals surface area contributed by atoms with Crippen molar-refractivity contribution >= 4 is 29.1 Å². The van der Waals surface area contributed by atoms with Gasteiger partial charge < -0.3 is 15.1 Å². The SMILES string of the molecule is Cc1c(O)ccc2c1[C@]13CCN(CC4CC4)[C@H](C2)C1(O)CCC(N(C)C(=O)Cc1ccc(Cl)c(Cl)c1)C3. The average molecular weight is 544 g/mol. The van der Waals surface area contributed by atoms with Crippen molar-refractivity contribution in [3.8, 4) is 5.75 Å². The van der Waals surface area contributed by atoms with E-state index in [-0.39, 0.29) is 24.4 Å². The molecule has 2 aromatic rings. The molecule has 3 aliphatic carbocycles. The Balaban J connectivity index is 1.33. The van der Waals surface area contributed by atoms with E-state index in [4.69, 9.17) is 23.2 Å². The summed E-state index contributed by atoms with van der Waals surface area (Å²) in [6.45, 7) is 4.01. The van der Waals surface area contributed by atoms with Crippen LogP contribution in [0.15, 0.2) is 30.3 Å². The predicted octanol–water partition coefficient (Wildman–Crippen LogP) is 5.27. The number of benzene rings is 2. The second kappa shape index (κ2) is 9.15. The molecule has 4 atom stereocenters. The molecule has 1 heterocycles. The van der Waals surface area contributed by atoms with Crippen LogP contribution in [-0.4, -0.2) is 63.7 Å². The second-order valence-electron chi connectivity index (χ2n) is 12.0. The number of phenolic OH excluding ortho intramolecular Hbond substituents is 1. The Morgan fingerprint density at radius 1 is 1.14 bits per heavy atom. The highest BCUT2D eigenvalue weighted by atomic mass is 35.5. The van der Waals surface area contributed by atoms with E-state index in [9.17, 15) is 15.0 Å². The zero-order valence-corrected chi connectivity index (χ0v) is 23.2. The normalized spacial score (nSPS) is 30.9. The Hall–Kier alpha value is -1.79. The van der Waals surface area contributed by atoms with E-state index >= 15 is 0 Å². The molecule has 0 aromatic heterocycles. The minimum Gasteiger partial charge on any atom is -0.508 e.